The fraction of sp³-hybridized carbons (Fsp3) is 1.00. The zero-order chi connectivity index (χ0) is 5.70. The van der Waals surface area contributed by atoms with Crippen molar-refractivity contribution in [3.8, 4) is 0 Å². The highest BCUT2D eigenvalue weighted by molar-refractivity contribution is 7.97. The second kappa shape index (κ2) is 4.44. The van der Waals surface area contributed by atoms with E-state index in [9.17, 15) is 4.57 Å². The van der Waals surface area contributed by atoms with Crippen LogP contribution in [-0.2, 0) is 20.9 Å². The molecule has 0 amide bonds. The summed E-state index contributed by atoms with van der Waals surface area (Å²) < 4.78 is 14.5. The third kappa shape index (κ3) is 6.28. The molecule has 0 aromatic heterocycles. The Kier molecular flexibility index (Phi) is 4.62. The molecule has 2 nitrogen and oxygen atoms in total. The molecule has 7 heavy (non-hydrogen) atoms. The van der Waals surface area contributed by atoms with Gasteiger partial charge >= 0.3 is 6.80 Å². The van der Waals surface area contributed by atoms with E-state index < -0.39 is 6.80 Å². The van der Waals surface area contributed by atoms with Crippen molar-refractivity contribution in [3.63, 3.8) is 0 Å². The van der Waals surface area contributed by atoms with Crippen LogP contribution in [0.5, 0.6) is 0 Å². The molecule has 0 aliphatic carbocycles. The summed E-state index contributed by atoms with van der Waals surface area (Å²) >= 11 is 4.23. The predicted octanol–water partition coefficient (Wildman–Crippen LogP) is 1.62. The SMILES string of the molecule is CCCOP(=O)=S. The molecule has 0 aliphatic rings. The van der Waals surface area contributed by atoms with Crippen LogP contribution in [0.1, 0.15) is 13.3 Å². The van der Waals surface area contributed by atoms with Gasteiger partial charge in [0.2, 0.25) is 0 Å². The van der Waals surface area contributed by atoms with Crippen LogP contribution in [0.3, 0.4) is 0 Å². The Bertz CT molecular complexity index is 91.1. The highest BCUT2D eigenvalue weighted by Crippen LogP contribution is 2.04. The minimum atomic E-state index is -1.77. The molecule has 0 saturated heterocycles. The van der Waals surface area contributed by atoms with E-state index in [1.54, 1.807) is 0 Å². The Hall–Kier alpha value is 0.280. The van der Waals surface area contributed by atoms with Gasteiger partial charge < -0.3 is 0 Å². The maximum atomic E-state index is 9.94. The first-order valence-electron chi connectivity index (χ1n) is 2.04. The summed E-state index contributed by atoms with van der Waals surface area (Å²) in [6, 6.07) is 0. The van der Waals surface area contributed by atoms with Crippen molar-refractivity contribution in [2.45, 2.75) is 13.3 Å². The van der Waals surface area contributed by atoms with Gasteiger partial charge in [0, 0.05) is 11.8 Å². The molecule has 1 atom stereocenters. The minimum Gasteiger partial charge on any atom is -0.293 e. The van der Waals surface area contributed by atoms with E-state index in [-0.39, 0.29) is 0 Å². The zero-order valence-corrected chi connectivity index (χ0v) is 5.80. The molecule has 0 aromatic rings. The quantitative estimate of drug-likeness (QED) is 0.554. The van der Waals surface area contributed by atoms with E-state index in [0.29, 0.717) is 6.61 Å². The molecule has 0 aromatic carbocycles. The van der Waals surface area contributed by atoms with E-state index in [1.165, 1.54) is 0 Å². The summed E-state index contributed by atoms with van der Waals surface area (Å²) in [5.74, 6) is 0. The highest BCUT2D eigenvalue weighted by atomic mass is 32.4. The van der Waals surface area contributed by atoms with Gasteiger partial charge in [0.05, 0.1) is 6.61 Å². The number of hydrogen-bond donors (Lipinski definition) is 0. The second-order valence-corrected chi connectivity index (χ2v) is 2.66. The monoisotopic (exact) mass is 138 g/mol. The first-order chi connectivity index (χ1) is 3.27. The first-order valence-corrected chi connectivity index (χ1v) is 4.23. The van der Waals surface area contributed by atoms with Crippen LogP contribution in [0.4, 0.5) is 0 Å². The lowest BCUT2D eigenvalue weighted by Gasteiger charge is -1.84. The number of hydrogen-bond acceptors (Lipinski definition) is 3. The van der Waals surface area contributed by atoms with Crippen LogP contribution in [-0.4, -0.2) is 6.61 Å². The molecule has 0 N–H and O–H groups in total. The maximum Gasteiger partial charge on any atom is 0.311 e. The summed E-state index contributed by atoms with van der Waals surface area (Å²) in [7, 11) is 0. The van der Waals surface area contributed by atoms with E-state index >= 15 is 0 Å². The number of rotatable bonds is 3. The average Bonchev–Trinajstić information content (AvgIpc) is 1.61. The summed E-state index contributed by atoms with van der Waals surface area (Å²) in [5.41, 5.74) is 0. The molecule has 0 radical (unpaired) electrons. The molecule has 42 valence electrons. The minimum absolute atomic E-state index is 0.513. The Morgan fingerprint density at radius 2 is 2.43 bits per heavy atom. The molecular formula is C3H7O2PS. The van der Waals surface area contributed by atoms with Gasteiger partial charge in [-0.15, -0.1) is 0 Å². The Balaban J connectivity index is 2.98. The molecule has 1 unspecified atom stereocenters. The van der Waals surface area contributed by atoms with E-state index in [2.05, 4.69) is 16.3 Å². The van der Waals surface area contributed by atoms with Crippen molar-refractivity contribution in [3.05, 3.63) is 0 Å². The molecule has 0 saturated carbocycles. The smallest absolute Gasteiger partial charge is 0.293 e. The van der Waals surface area contributed by atoms with Crippen LogP contribution < -0.4 is 0 Å². The Morgan fingerprint density at radius 3 is 2.57 bits per heavy atom. The van der Waals surface area contributed by atoms with E-state index in [0.717, 1.165) is 6.42 Å². The molecule has 0 rings (SSSR count). The molecule has 0 fully saturated rings. The van der Waals surface area contributed by atoms with E-state index in [4.69, 9.17) is 0 Å². The third-order valence-corrected chi connectivity index (χ3v) is 1.11. The van der Waals surface area contributed by atoms with Gasteiger partial charge in [-0.3, -0.25) is 4.52 Å². The van der Waals surface area contributed by atoms with Gasteiger partial charge in [-0.2, -0.15) is 0 Å². The standard InChI is InChI=1S/C3H7O2PS/c1-2-3-5-6(4)7/h2-3H2,1H3. The molecule has 4 heteroatoms. The van der Waals surface area contributed by atoms with Gasteiger partial charge in [-0.25, -0.2) is 4.57 Å². The average molecular weight is 138 g/mol. The molecule has 0 aliphatic heterocycles. The van der Waals surface area contributed by atoms with Gasteiger partial charge in [0.25, 0.3) is 0 Å². The van der Waals surface area contributed by atoms with E-state index in [1.807, 2.05) is 6.92 Å². The fourth-order valence-corrected chi connectivity index (χ4v) is 0.721. The molecule has 0 heterocycles. The summed E-state index contributed by atoms with van der Waals surface area (Å²) in [4.78, 5) is 0. The summed E-state index contributed by atoms with van der Waals surface area (Å²) in [5, 5.41) is 0. The Morgan fingerprint density at radius 1 is 1.86 bits per heavy atom. The van der Waals surface area contributed by atoms with Gasteiger partial charge in [0.1, 0.15) is 0 Å². The fourth-order valence-electron chi connectivity index (χ4n) is 0.166. The topological polar surface area (TPSA) is 26.3 Å². The zero-order valence-electron chi connectivity index (χ0n) is 4.09. The second-order valence-electron chi connectivity index (χ2n) is 1.06. The molecule has 0 spiro atoms. The van der Waals surface area contributed by atoms with Crippen molar-refractivity contribution in [1.82, 2.24) is 0 Å². The van der Waals surface area contributed by atoms with Gasteiger partial charge in [-0.1, -0.05) is 6.92 Å². The van der Waals surface area contributed by atoms with Crippen LogP contribution in [0.15, 0.2) is 0 Å². The summed E-state index contributed by atoms with van der Waals surface area (Å²) in [6.45, 7) is 0.678. The summed E-state index contributed by atoms with van der Waals surface area (Å²) in [6.07, 6.45) is 0.873. The van der Waals surface area contributed by atoms with Crippen LogP contribution >= 0.6 is 6.80 Å². The maximum absolute atomic E-state index is 9.94. The molecule has 0 bridgehead atoms. The van der Waals surface area contributed by atoms with Gasteiger partial charge in [0.15, 0.2) is 0 Å². The predicted molar refractivity (Wildman–Crippen MR) is 31.2 cm³/mol. The Labute approximate surface area is 48.4 Å². The van der Waals surface area contributed by atoms with Crippen LogP contribution in [0.25, 0.3) is 0 Å². The largest absolute Gasteiger partial charge is 0.311 e. The highest BCUT2D eigenvalue weighted by Gasteiger charge is 1.80. The lowest BCUT2D eigenvalue weighted by Crippen LogP contribution is -1.76. The van der Waals surface area contributed by atoms with Crippen LogP contribution in [0.2, 0.25) is 0 Å². The normalized spacial score (nSPS) is 11.3. The van der Waals surface area contributed by atoms with Crippen molar-refractivity contribution < 1.29 is 9.09 Å². The molecular weight excluding hydrogens is 131 g/mol. The lowest BCUT2D eigenvalue weighted by atomic mass is 10.5. The first kappa shape index (κ1) is 7.28. The van der Waals surface area contributed by atoms with Crippen molar-refractivity contribution in [2.24, 2.45) is 0 Å². The van der Waals surface area contributed by atoms with Gasteiger partial charge in [-0.05, 0) is 6.42 Å². The van der Waals surface area contributed by atoms with Crippen molar-refractivity contribution >= 4 is 18.6 Å². The lowest BCUT2D eigenvalue weighted by molar-refractivity contribution is 0.341. The third-order valence-electron chi connectivity index (χ3n) is 0.401. The van der Waals surface area contributed by atoms with Crippen molar-refractivity contribution in [2.75, 3.05) is 6.61 Å². The van der Waals surface area contributed by atoms with Crippen LogP contribution in [0, 0.1) is 0 Å². The van der Waals surface area contributed by atoms with Crippen molar-refractivity contribution in [1.29, 1.82) is 0 Å².